The molecule has 0 saturated carbocycles. The maximum Gasteiger partial charge on any atom is 0.338 e. The predicted molar refractivity (Wildman–Crippen MR) is 102 cm³/mol. The molecule has 3 rings (SSSR count). The van der Waals surface area contributed by atoms with Gasteiger partial charge in [-0.2, -0.15) is 0 Å². The molecule has 148 valence electrons. The number of nitrogens with zero attached hydrogens (tertiary/aromatic N) is 1. The summed E-state index contributed by atoms with van der Waals surface area (Å²) in [5.74, 6) is -2.08. The first-order valence-electron chi connectivity index (χ1n) is 8.40. The molecule has 2 N–H and O–H groups in total. The van der Waals surface area contributed by atoms with E-state index >= 15 is 0 Å². The molecule has 8 nitrogen and oxygen atoms in total. The average Bonchev–Trinajstić information content (AvgIpc) is 3.01. The molecular formula is C19H20N2O6S. The molecule has 1 saturated heterocycles. The second-order valence-electron chi connectivity index (χ2n) is 6.14. The number of esters is 2. The van der Waals surface area contributed by atoms with E-state index in [4.69, 9.17) is 19.9 Å². The number of carbonyl (C=O) groups is 3. The fraction of sp³-hybridized carbons (Fsp3) is 0.316. The van der Waals surface area contributed by atoms with Crippen LogP contribution in [0.3, 0.4) is 0 Å². The summed E-state index contributed by atoms with van der Waals surface area (Å²) in [6.45, 7) is 1.71. The van der Waals surface area contributed by atoms with Crippen LogP contribution in [0.1, 0.15) is 18.4 Å². The third-order valence-electron chi connectivity index (χ3n) is 4.62. The molecule has 0 aromatic heterocycles. The lowest BCUT2D eigenvalue weighted by molar-refractivity contribution is -0.137. The van der Waals surface area contributed by atoms with Crippen molar-refractivity contribution in [2.45, 2.75) is 18.1 Å². The summed E-state index contributed by atoms with van der Waals surface area (Å²) in [4.78, 5) is 39.2. The number of nitrogens with two attached hydrogens (primary N) is 1. The molecule has 1 aromatic rings. The molecule has 9 heteroatoms. The van der Waals surface area contributed by atoms with Crippen LogP contribution < -0.4 is 10.5 Å². The fourth-order valence-corrected chi connectivity index (χ4v) is 4.47. The zero-order valence-electron chi connectivity index (χ0n) is 15.8. The van der Waals surface area contributed by atoms with Crippen LogP contribution >= 0.6 is 11.8 Å². The van der Waals surface area contributed by atoms with E-state index in [0.717, 1.165) is 0 Å². The van der Waals surface area contributed by atoms with Gasteiger partial charge < -0.3 is 19.9 Å². The van der Waals surface area contributed by atoms with Crippen molar-refractivity contribution in [1.29, 1.82) is 0 Å². The lowest BCUT2D eigenvalue weighted by Gasteiger charge is -2.33. The predicted octanol–water partition coefficient (Wildman–Crippen LogP) is 1.48. The van der Waals surface area contributed by atoms with E-state index < -0.39 is 23.1 Å². The van der Waals surface area contributed by atoms with Crippen LogP contribution in [0.25, 0.3) is 0 Å². The third-order valence-corrected chi connectivity index (χ3v) is 5.80. The number of hydrogen-bond acceptors (Lipinski definition) is 8. The average molecular weight is 404 g/mol. The molecule has 1 fully saturated rings. The first-order valence-corrected chi connectivity index (χ1v) is 9.28. The van der Waals surface area contributed by atoms with E-state index in [0.29, 0.717) is 16.3 Å². The van der Waals surface area contributed by atoms with Crippen LogP contribution in [-0.4, -0.2) is 49.3 Å². The highest BCUT2D eigenvalue weighted by molar-refractivity contribution is 8.04. The Bertz CT molecular complexity index is 923. The van der Waals surface area contributed by atoms with Crippen LogP contribution in [0.15, 0.2) is 46.3 Å². The van der Waals surface area contributed by atoms with Crippen molar-refractivity contribution in [3.63, 3.8) is 0 Å². The molecule has 0 bridgehead atoms. The van der Waals surface area contributed by atoms with Crippen molar-refractivity contribution < 1.29 is 28.6 Å². The van der Waals surface area contributed by atoms with Crippen molar-refractivity contribution in [3.05, 3.63) is 51.8 Å². The Morgan fingerprint density at radius 3 is 2.36 bits per heavy atom. The summed E-state index contributed by atoms with van der Waals surface area (Å²) in [6.07, 6.45) is 0. The van der Waals surface area contributed by atoms with Gasteiger partial charge in [-0.25, -0.2) is 9.59 Å². The number of thioether (sulfide) groups is 1. The van der Waals surface area contributed by atoms with Gasteiger partial charge in [-0.15, -0.1) is 0 Å². The van der Waals surface area contributed by atoms with Gasteiger partial charge in [0.1, 0.15) is 11.6 Å². The number of hydrogen-bond donors (Lipinski definition) is 1. The van der Waals surface area contributed by atoms with E-state index in [9.17, 15) is 14.4 Å². The molecule has 2 atom stereocenters. The zero-order valence-corrected chi connectivity index (χ0v) is 16.7. The highest BCUT2D eigenvalue weighted by Gasteiger charge is 2.48. The van der Waals surface area contributed by atoms with Crippen LogP contribution in [-0.2, 0) is 23.9 Å². The molecule has 1 amide bonds. The first kappa shape index (κ1) is 19.8. The largest absolute Gasteiger partial charge is 0.497 e. The van der Waals surface area contributed by atoms with Gasteiger partial charge in [0.05, 0.1) is 48.7 Å². The highest BCUT2D eigenvalue weighted by Crippen LogP contribution is 2.49. The quantitative estimate of drug-likeness (QED) is 0.752. The number of rotatable bonds is 4. The summed E-state index contributed by atoms with van der Waals surface area (Å²) in [5, 5.41) is -0.0986. The van der Waals surface area contributed by atoms with Crippen molar-refractivity contribution >= 4 is 29.6 Å². The van der Waals surface area contributed by atoms with Gasteiger partial charge in [0.25, 0.3) is 0 Å². The molecule has 2 unspecified atom stereocenters. The van der Waals surface area contributed by atoms with Gasteiger partial charge in [0.15, 0.2) is 0 Å². The van der Waals surface area contributed by atoms with Gasteiger partial charge in [-0.05, 0) is 24.6 Å². The Kier molecular flexibility index (Phi) is 5.37. The van der Waals surface area contributed by atoms with E-state index in [1.165, 1.54) is 38.0 Å². The van der Waals surface area contributed by atoms with Gasteiger partial charge in [0, 0.05) is 0 Å². The fourth-order valence-electron chi connectivity index (χ4n) is 3.30. The molecule has 0 spiro atoms. The number of benzene rings is 1. The summed E-state index contributed by atoms with van der Waals surface area (Å²) >= 11 is 1.20. The normalized spacial score (nSPS) is 21.6. The lowest BCUT2D eigenvalue weighted by Crippen LogP contribution is -2.40. The molecule has 1 aromatic carbocycles. The summed E-state index contributed by atoms with van der Waals surface area (Å²) in [5.41, 5.74) is 7.00. The van der Waals surface area contributed by atoms with Gasteiger partial charge >= 0.3 is 11.9 Å². The topological polar surface area (TPSA) is 108 Å². The van der Waals surface area contributed by atoms with Crippen LogP contribution in [0.5, 0.6) is 5.75 Å². The Labute approximate surface area is 166 Å². The van der Waals surface area contributed by atoms with E-state index in [1.807, 2.05) is 0 Å². The monoisotopic (exact) mass is 404 g/mol. The van der Waals surface area contributed by atoms with E-state index in [-0.39, 0.29) is 22.9 Å². The second kappa shape index (κ2) is 7.59. The third kappa shape index (κ3) is 3.01. The Morgan fingerprint density at radius 2 is 1.75 bits per heavy atom. The van der Waals surface area contributed by atoms with Crippen molar-refractivity contribution in [3.8, 4) is 5.75 Å². The van der Waals surface area contributed by atoms with E-state index in [1.54, 1.807) is 31.2 Å². The molecule has 0 aliphatic carbocycles. The van der Waals surface area contributed by atoms with Crippen molar-refractivity contribution in [2.75, 3.05) is 21.3 Å². The summed E-state index contributed by atoms with van der Waals surface area (Å²) in [7, 11) is 3.97. The van der Waals surface area contributed by atoms with Crippen LogP contribution in [0, 0.1) is 0 Å². The standard InChI is InChI=1S/C19H20N2O6S/c1-9-16(22)21-15(20)13(18(23)26-3)12(10-6-5-7-11(8-10)25-2)14(17(21)28-9)19(24)27-4/h5-9,12H,20H2,1-4H3. The number of amides is 1. The molecule has 2 aliphatic rings. The first-order chi connectivity index (χ1) is 13.3. The molecule has 2 heterocycles. The number of methoxy groups -OCH3 is 3. The Balaban J connectivity index is 2.33. The zero-order chi connectivity index (χ0) is 20.6. The summed E-state index contributed by atoms with van der Waals surface area (Å²) in [6, 6.07) is 6.92. The minimum Gasteiger partial charge on any atom is -0.497 e. The Morgan fingerprint density at radius 1 is 1.11 bits per heavy atom. The second-order valence-corrected chi connectivity index (χ2v) is 7.47. The van der Waals surface area contributed by atoms with Gasteiger partial charge in [-0.3, -0.25) is 9.69 Å². The molecule has 2 aliphatic heterocycles. The minimum absolute atomic E-state index is 0.00273. The van der Waals surface area contributed by atoms with Gasteiger partial charge in [-0.1, -0.05) is 23.9 Å². The van der Waals surface area contributed by atoms with Crippen LogP contribution in [0.4, 0.5) is 0 Å². The van der Waals surface area contributed by atoms with E-state index in [2.05, 4.69) is 0 Å². The number of fused-ring (bicyclic) bond motifs is 1. The molecule has 28 heavy (non-hydrogen) atoms. The number of carbonyl (C=O) groups excluding carboxylic acids is 3. The maximum atomic E-state index is 12.7. The maximum absolute atomic E-state index is 12.7. The highest BCUT2D eigenvalue weighted by atomic mass is 32.2. The van der Waals surface area contributed by atoms with Crippen molar-refractivity contribution in [2.24, 2.45) is 5.73 Å². The number of ether oxygens (including phenoxy) is 3. The minimum atomic E-state index is -0.869. The Hall–Kier alpha value is -2.94. The van der Waals surface area contributed by atoms with Crippen LogP contribution in [0.2, 0.25) is 0 Å². The lowest BCUT2D eigenvalue weighted by atomic mass is 9.82. The molecule has 0 radical (unpaired) electrons. The molecular weight excluding hydrogens is 384 g/mol. The smallest absolute Gasteiger partial charge is 0.338 e. The van der Waals surface area contributed by atoms with Crippen molar-refractivity contribution in [1.82, 2.24) is 4.90 Å². The summed E-state index contributed by atoms with van der Waals surface area (Å²) < 4.78 is 15.2. The van der Waals surface area contributed by atoms with Gasteiger partial charge in [0.2, 0.25) is 5.91 Å². The SMILES string of the molecule is COC(=O)C1=C(N)N2C(=O)C(C)SC2=C(C(=O)OC)C1c1cccc(OC)c1.